The lowest BCUT2D eigenvalue weighted by Crippen LogP contribution is -2.44. The van der Waals surface area contributed by atoms with Crippen LogP contribution in [-0.4, -0.2) is 47.0 Å². The van der Waals surface area contributed by atoms with Crippen LogP contribution in [0.15, 0.2) is 47.8 Å². The number of nitrogens with zero attached hydrogens (tertiary/aromatic N) is 4. The first kappa shape index (κ1) is 25.0. The molecule has 1 fully saturated rings. The zero-order valence-electron chi connectivity index (χ0n) is 18.9. The van der Waals surface area contributed by atoms with E-state index < -0.39 is 50.5 Å². The fraction of sp³-hybridized carbons (Fsp3) is 0.435. The third-order valence-electron chi connectivity index (χ3n) is 6.66. The van der Waals surface area contributed by atoms with Gasteiger partial charge in [0.1, 0.15) is 33.6 Å². The summed E-state index contributed by atoms with van der Waals surface area (Å²) in [6.07, 6.45) is -1.39. The third kappa shape index (κ3) is 4.96. The van der Waals surface area contributed by atoms with Crippen LogP contribution in [0.25, 0.3) is 0 Å². The Morgan fingerprint density at radius 2 is 1.97 bits per heavy atom. The van der Waals surface area contributed by atoms with Gasteiger partial charge in [-0.1, -0.05) is 6.07 Å². The second kappa shape index (κ2) is 9.67. The second-order valence-electron chi connectivity index (χ2n) is 8.84. The first-order valence-electron chi connectivity index (χ1n) is 11.3. The van der Waals surface area contributed by atoms with Crippen LogP contribution in [0.1, 0.15) is 47.6 Å². The summed E-state index contributed by atoms with van der Waals surface area (Å²) in [4.78, 5) is 9.59. The Hall–Kier alpha value is -2.64. The molecule has 13 heteroatoms. The molecule has 0 saturated carbocycles. The van der Waals surface area contributed by atoms with Gasteiger partial charge in [0, 0.05) is 36.8 Å². The Bertz CT molecular complexity index is 1320. The van der Waals surface area contributed by atoms with Crippen molar-refractivity contribution in [2.24, 2.45) is 5.92 Å². The molecule has 4 heterocycles. The van der Waals surface area contributed by atoms with E-state index in [0.717, 1.165) is 17.6 Å². The lowest BCUT2D eigenvalue weighted by atomic mass is 9.85. The molecule has 0 unspecified atom stereocenters. The second-order valence-corrected chi connectivity index (χ2v) is 11.7. The molecule has 2 aromatic heterocycles. The summed E-state index contributed by atoms with van der Waals surface area (Å²) in [6.45, 7) is 0.349. The van der Waals surface area contributed by atoms with Gasteiger partial charge in [0.25, 0.3) is 0 Å². The maximum absolute atomic E-state index is 15.2. The fourth-order valence-corrected chi connectivity index (χ4v) is 7.16. The van der Waals surface area contributed by atoms with Crippen LogP contribution in [0.2, 0.25) is 0 Å². The van der Waals surface area contributed by atoms with Gasteiger partial charge in [0.05, 0.1) is 24.3 Å². The van der Waals surface area contributed by atoms with E-state index in [1.165, 1.54) is 18.6 Å². The monoisotopic (exact) mass is 542 g/mol. The maximum atomic E-state index is 15.2. The number of aromatic nitrogens is 3. The van der Waals surface area contributed by atoms with Crippen molar-refractivity contribution < 1.29 is 30.7 Å². The van der Waals surface area contributed by atoms with E-state index in [0.29, 0.717) is 17.7 Å². The molecule has 36 heavy (non-hydrogen) atoms. The number of sulfone groups is 1. The predicted molar refractivity (Wildman–Crippen MR) is 123 cm³/mol. The van der Waals surface area contributed by atoms with Crippen molar-refractivity contribution in [1.82, 2.24) is 19.2 Å². The van der Waals surface area contributed by atoms with Crippen LogP contribution in [0.4, 0.5) is 17.6 Å². The summed E-state index contributed by atoms with van der Waals surface area (Å²) in [5, 5.41) is 0.233. The number of rotatable bonds is 5. The topological polar surface area (TPSA) is 85.3 Å². The van der Waals surface area contributed by atoms with Crippen molar-refractivity contribution in [2.45, 2.75) is 48.2 Å². The summed E-state index contributed by atoms with van der Waals surface area (Å²) in [5.74, 6) is -2.69. The minimum atomic E-state index is -4.32. The standard InChI is InChI=1S/C23H22F4N4O3S2/c24-16-10-15-18(5-8-34-20(15)11-21(16)36(32,33)12-22-29-13-30-35-22)31-7-4-14(23(25,26)27)9-19(31)17-3-1-2-6-28-17/h1-3,6,10-11,13-14,18-19H,4-5,7-9,12H2/t14-,18+,19+/m1/s1. The van der Waals surface area contributed by atoms with Crippen molar-refractivity contribution in [1.29, 1.82) is 0 Å². The highest BCUT2D eigenvalue weighted by Gasteiger charge is 2.47. The molecule has 2 aliphatic rings. The Morgan fingerprint density at radius 3 is 2.67 bits per heavy atom. The Labute approximate surface area is 209 Å². The lowest BCUT2D eigenvalue weighted by molar-refractivity contribution is -0.192. The molecule has 0 aliphatic carbocycles. The molecule has 0 radical (unpaired) electrons. The van der Waals surface area contributed by atoms with Gasteiger partial charge < -0.3 is 4.74 Å². The Balaban J connectivity index is 1.49. The molecule has 5 rings (SSSR count). The molecule has 2 aliphatic heterocycles. The molecule has 0 N–H and O–H groups in total. The average Bonchev–Trinajstić information content (AvgIpc) is 3.35. The molecular weight excluding hydrogens is 520 g/mol. The first-order chi connectivity index (χ1) is 17.1. The molecule has 3 atom stereocenters. The van der Waals surface area contributed by atoms with Gasteiger partial charge in [-0.3, -0.25) is 9.88 Å². The molecule has 3 aromatic rings. The van der Waals surface area contributed by atoms with E-state index >= 15 is 4.39 Å². The number of pyridine rings is 1. The van der Waals surface area contributed by atoms with E-state index in [-0.39, 0.29) is 36.8 Å². The molecule has 192 valence electrons. The van der Waals surface area contributed by atoms with Crippen molar-refractivity contribution >= 4 is 21.4 Å². The molecule has 0 bridgehead atoms. The largest absolute Gasteiger partial charge is 0.493 e. The smallest absolute Gasteiger partial charge is 0.391 e. The van der Waals surface area contributed by atoms with Crippen molar-refractivity contribution in [3.05, 3.63) is 64.9 Å². The lowest BCUT2D eigenvalue weighted by Gasteiger charge is -2.45. The van der Waals surface area contributed by atoms with E-state index in [9.17, 15) is 21.6 Å². The predicted octanol–water partition coefficient (Wildman–Crippen LogP) is 4.89. The molecule has 1 aromatic carbocycles. The summed E-state index contributed by atoms with van der Waals surface area (Å²) in [6, 6.07) is 6.34. The highest BCUT2D eigenvalue weighted by Crippen LogP contribution is 2.48. The molecule has 7 nitrogen and oxygen atoms in total. The minimum Gasteiger partial charge on any atom is -0.493 e. The van der Waals surface area contributed by atoms with E-state index in [1.54, 1.807) is 18.2 Å². The number of hydrogen-bond donors (Lipinski definition) is 0. The van der Waals surface area contributed by atoms with Crippen LogP contribution in [0.5, 0.6) is 5.75 Å². The van der Waals surface area contributed by atoms with Crippen LogP contribution in [0, 0.1) is 11.7 Å². The van der Waals surface area contributed by atoms with Gasteiger partial charge in [-0.2, -0.15) is 17.5 Å². The van der Waals surface area contributed by atoms with E-state index in [2.05, 4.69) is 14.3 Å². The maximum Gasteiger partial charge on any atom is 0.391 e. The Morgan fingerprint density at radius 1 is 1.14 bits per heavy atom. The summed E-state index contributed by atoms with van der Waals surface area (Å²) in [5.41, 5.74) is 0.927. The van der Waals surface area contributed by atoms with Crippen LogP contribution in [0.3, 0.4) is 0 Å². The zero-order valence-corrected chi connectivity index (χ0v) is 20.5. The summed E-state index contributed by atoms with van der Waals surface area (Å²) in [7, 11) is -4.06. The number of halogens is 4. The minimum absolute atomic E-state index is 0.0870. The number of hydrogen-bond acceptors (Lipinski definition) is 8. The van der Waals surface area contributed by atoms with Gasteiger partial charge in [-0.05, 0) is 42.6 Å². The molecule has 1 saturated heterocycles. The normalized spacial score (nSPS) is 23.2. The SMILES string of the molecule is O=S(=O)(Cc1ncns1)c1cc2c(cc1F)[C@@H](N1CC[C@@H](C(F)(F)F)C[C@H]1c1ccccn1)CCO2. The van der Waals surface area contributed by atoms with Gasteiger partial charge >= 0.3 is 6.18 Å². The fourth-order valence-electron chi connectivity index (χ4n) is 4.97. The molecule has 0 amide bonds. The molecular formula is C23H22F4N4O3S2. The van der Waals surface area contributed by atoms with Crippen LogP contribution in [-0.2, 0) is 15.6 Å². The van der Waals surface area contributed by atoms with Gasteiger partial charge in [0.2, 0.25) is 0 Å². The van der Waals surface area contributed by atoms with Crippen LogP contribution >= 0.6 is 11.5 Å². The highest BCUT2D eigenvalue weighted by molar-refractivity contribution is 7.90. The quantitative estimate of drug-likeness (QED) is 0.425. The summed E-state index contributed by atoms with van der Waals surface area (Å²) >= 11 is 0.912. The first-order valence-corrected chi connectivity index (χ1v) is 13.7. The van der Waals surface area contributed by atoms with Gasteiger partial charge in [-0.25, -0.2) is 17.8 Å². The van der Waals surface area contributed by atoms with Crippen molar-refractivity contribution in [3.63, 3.8) is 0 Å². The number of ether oxygens (including phenoxy) is 1. The third-order valence-corrected chi connectivity index (χ3v) is 9.14. The number of fused-ring (bicyclic) bond motifs is 1. The summed E-state index contributed by atoms with van der Waals surface area (Å²) < 4.78 is 91.3. The van der Waals surface area contributed by atoms with Crippen molar-refractivity contribution in [2.75, 3.05) is 13.2 Å². The number of benzene rings is 1. The van der Waals surface area contributed by atoms with E-state index in [4.69, 9.17) is 4.74 Å². The Kier molecular flexibility index (Phi) is 6.72. The average molecular weight is 543 g/mol. The zero-order chi connectivity index (χ0) is 25.5. The molecule has 0 spiro atoms. The van der Waals surface area contributed by atoms with Gasteiger partial charge in [-0.15, -0.1) is 0 Å². The van der Waals surface area contributed by atoms with Crippen molar-refractivity contribution in [3.8, 4) is 5.75 Å². The number of piperidine rings is 1. The highest BCUT2D eigenvalue weighted by atomic mass is 32.2. The van der Waals surface area contributed by atoms with Crippen LogP contribution < -0.4 is 4.74 Å². The number of alkyl halides is 3. The number of likely N-dealkylation sites (tertiary alicyclic amines) is 1. The van der Waals surface area contributed by atoms with E-state index in [1.807, 2.05) is 4.90 Å². The van der Waals surface area contributed by atoms with Gasteiger partial charge in [0.15, 0.2) is 9.84 Å².